The molecule has 1 aromatic heterocycles. The first-order chi connectivity index (χ1) is 9.56. The first-order valence-corrected chi connectivity index (χ1v) is 7.41. The quantitative estimate of drug-likeness (QED) is 0.775. The number of hydrogen-bond acceptors (Lipinski definition) is 3. The van der Waals surface area contributed by atoms with Crippen molar-refractivity contribution in [3.8, 4) is 0 Å². The van der Waals surface area contributed by atoms with Gasteiger partial charge in [0.2, 0.25) is 0 Å². The molecule has 0 aliphatic heterocycles. The molecule has 1 aromatic rings. The zero-order valence-electron chi connectivity index (χ0n) is 12.3. The Labute approximate surface area is 120 Å². The van der Waals surface area contributed by atoms with Crippen molar-refractivity contribution in [2.24, 2.45) is 5.92 Å². The van der Waals surface area contributed by atoms with Gasteiger partial charge in [0.05, 0.1) is 6.20 Å². The van der Waals surface area contributed by atoms with Gasteiger partial charge in [-0.05, 0) is 50.8 Å². The lowest BCUT2D eigenvalue weighted by Crippen LogP contribution is -2.36. The second kappa shape index (κ2) is 6.93. The summed E-state index contributed by atoms with van der Waals surface area (Å²) in [6.45, 7) is 3.05. The molecule has 0 saturated heterocycles. The van der Waals surface area contributed by atoms with E-state index in [1.165, 1.54) is 37.8 Å². The third-order valence-corrected chi connectivity index (χ3v) is 4.31. The van der Waals surface area contributed by atoms with E-state index in [0.29, 0.717) is 18.2 Å². The van der Waals surface area contributed by atoms with Gasteiger partial charge in [-0.3, -0.25) is 9.78 Å². The fraction of sp³-hybridized carbons (Fsp3) is 0.625. The second-order valence-electron chi connectivity index (χ2n) is 5.93. The van der Waals surface area contributed by atoms with Crippen LogP contribution in [0.2, 0.25) is 0 Å². The van der Waals surface area contributed by atoms with Crippen LogP contribution in [-0.2, 0) is 0 Å². The molecule has 1 saturated carbocycles. The van der Waals surface area contributed by atoms with E-state index in [2.05, 4.69) is 23.9 Å². The average Bonchev–Trinajstić information content (AvgIpc) is 2.46. The molecule has 0 aromatic carbocycles. The van der Waals surface area contributed by atoms with Crippen molar-refractivity contribution in [2.45, 2.75) is 45.1 Å². The van der Waals surface area contributed by atoms with Crippen molar-refractivity contribution in [3.05, 3.63) is 29.8 Å². The van der Waals surface area contributed by atoms with Gasteiger partial charge in [-0.15, -0.1) is 0 Å². The van der Waals surface area contributed by atoms with Crippen molar-refractivity contribution in [2.75, 3.05) is 13.6 Å². The number of pyridine rings is 1. The van der Waals surface area contributed by atoms with Crippen LogP contribution >= 0.6 is 0 Å². The summed E-state index contributed by atoms with van der Waals surface area (Å²) in [7, 11) is 2.09. The zero-order valence-corrected chi connectivity index (χ0v) is 12.3. The van der Waals surface area contributed by atoms with Crippen LogP contribution in [0.25, 0.3) is 0 Å². The summed E-state index contributed by atoms with van der Waals surface area (Å²) in [5.41, 5.74) is 0.358. The largest absolute Gasteiger partial charge is 0.303 e. The van der Waals surface area contributed by atoms with Gasteiger partial charge in [-0.2, -0.15) is 0 Å². The highest BCUT2D eigenvalue weighted by Crippen LogP contribution is 2.26. The summed E-state index contributed by atoms with van der Waals surface area (Å²) in [4.78, 5) is 18.1. The van der Waals surface area contributed by atoms with E-state index in [1.54, 1.807) is 0 Å². The molecule has 20 heavy (non-hydrogen) atoms. The van der Waals surface area contributed by atoms with Gasteiger partial charge in [0.25, 0.3) is 0 Å². The minimum absolute atomic E-state index is 0.0129. The monoisotopic (exact) mass is 278 g/mol. The first-order valence-electron chi connectivity index (χ1n) is 7.41. The Hall–Kier alpha value is -1.29. The maximum atomic E-state index is 12.8. The van der Waals surface area contributed by atoms with E-state index in [9.17, 15) is 9.18 Å². The maximum absolute atomic E-state index is 12.8. The highest BCUT2D eigenvalue weighted by atomic mass is 19.1. The number of carbonyl (C=O) groups is 1. The molecule has 0 unspecified atom stereocenters. The van der Waals surface area contributed by atoms with Crippen LogP contribution in [0.5, 0.6) is 0 Å². The molecule has 2 rings (SSSR count). The summed E-state index contributed by atoms with van der Waals surface area (Å²) in [6.07, 6.45) is 6.55. The van der Waals surface area contributed by atoms with Crippen LogP contribution in [-0.4, -0.2) is 35.3 Å². The molecule has 0 bridgehead atoms. The summed E-state index contributed by atoms with van der Waals surface area (Å²) >= 11 is 0. The Balaban J connectivity index is 1.79. The molecule has 0 radical (unpaired) electrons. The molecule has 1 aliphatic rings. The Morgan fingerprint density at radius 3 is 2.65 bits per heavy atom. The standard InChI is InChI=1S/C16H23FN2O/c1-12-3-6-14(7-4-12)19(2)10-9-16(20)15-8-5-13(17)11-18-15/h5,8,11-12,14H,3-4,6-7,9-10H2,1-2H3. The summed E-state index contributed by atoms with van der Waals surface area (Å²) in [6, 6.07) is 3.34. The molecule has 4 heteroatoms. The lowest BCUT2D eigenvalue weighted by molar-refractivity contribution is 0.0942. The van der Waals surface area contributed by atoms with Gasteiger partial charge in [0.15, 0.2) is 5.78 Å². The molecule has 0 amide bonds. The van der Waals surface area contributed by atoms with E-state index < -0.39 is 5.82 Å². The molecule has 1 fully saturated rings. The number of rotatable bonds is 5. The van der Waals surface area contributed by atoms with Crippen LogP contribution in [0.4, 0.5) is 4.39 Å². The normalized spacial score (nSPS) is 23.0. The van der Waals surface area contributed by atoms with Crippen LogP contribution in [0.3, 0.4) is 0 Å². The lowest BCUT2D eigenvalue weighted by atomic mass is 9.86. The number of carbonyl (C=O) groups excluding carboxylic acids is 1. The zero-order chi connectivity index (χ0) is 14.5. The Morgan fingerprint density at radius 1 is 1.35 bits per heavy atom. The minimum Gasteiger partial charge on any atom is -0.303 e. The Morgan fingerprint density at radius 2 is 2.05 bits per heavy atom. The van der Waals surface area contributed by atoms with Crippen LogP contribution in [0.1, 0.15) is 49.5 Å². The highest BCUT2D eigenvalue weighted by molar-refractivity contribution is 5.94. The average molecular weight is 278 g/mol. The van der Waals surface area contributed by atoms with Crippen LogP contribution in [0.15, 0.2) is 18.3 Å². The predicted molar refractivity (Wildman–Crippen MR) is 77.2 cm³/mol. The minimum atomic E-state index is -0.407. The molecule has 110 valence electrons. The molecule has 0 N–H and O–H groups in total. The predicted octanol–water partition coefficient (Wildman–Crippen LogP) is 3.30. The van der Waals surface area contributed by atoms with E-state index >= 15 is 0 Å². The number of aromatic nitrogens is 1. The van der Waals surface area contributed by atoms with Gasteiger partial charge in [0.1, 0.15) is 11.5 Å². The molecule has 3 nitrogen and oxygen atoms in total. The van der Waals surface area contributed by atoms with Gasteiger partial charge in [-0.1, -0.05) is 6.92 Å². The van der Waals surface area contributed by atoms with Crippen molar-refractivity contribution >= 4 is 5.78 Å². The third kappa shape index (κ3) is 4.10. The van der Waals surface area contributed by atoms with Gasteiger partial charge < -0.3 is 4.90 Å². The second-order valence-corrected chi connectivity index (χ2v) is 5.93. The molecule has 0 atom stereocenters. The topological polar surface area (TPSA) is 33.2 Å². The van der Waals surface area contributed by atoms with E-state index in [0.717, 1.165) is 18.7 Å². The molecular formula is C16H23FN2O. The number of Topliss-reactive ketones (excluding diaryl/α,β-unsaturated/α-hetero) is 1. The Bertz CT molecular complexity index is 438. The highest BCUT2D eigenvalue weighted by Gasteiger charge is 2.22. The SMILES string of the molecule is CC1CCC(N(C)CCC(=O)c2ccc(F)cn2)CC1. The van der Waals surface area contributed by atoms with Gasteiger partial charge >= 0.3 is 0 Å². The smallest absolute Gasteiger partial charge is 0.182 e. The van der Waals surface area contributed by atoms with E-state index in [4.69, 9.17) is 0 Å². The molecule has 0 spiro atoms. The van der Waals surface area contributed by atoms with E-state index in [-0.39, 0.29) is 5.78 Å². The summed E-state index contributed by atoms with van der Waals surface area (Å²) in [5, 5.41) is 0. The third-order valence-electron chi connectivity index (χ3n) is 4.31. The number of hydrogen-bond donors (Lipinski definition) is 0. The maximum Gasteiger partial charge on any atom is 0.182 e. The lowest BCUT2D eigenvalue weighted by Gasteiger charge is -2.33. The van der Waals surface area contributed by atoms with Gasteiger partial charge in [0, 0.05) is 19.0 Å². The molecular weight excluding hydrogens is 255 g/mol. The summed E-state index contributed by atoms with van der Waals surface area (Å²) in [5.74, 6) is 0.417. The van der Waals surface area contributed by atoms with Crippen molar-refractivity contribution in [3.63, 3.8) is 0 Å². The van der Waals surface area contributed by atoms with E-state index in [1.807, 2.05) is 0 Å². The van der Waals surface area contributed by atoms with Crippen LogP contribution in [0, 0.1) is 11.7 Å². The fourth-order valence-corrected chi connectivity index (χ4v) is 2.81. The van der Waals surface area contributed by atoms with Crippen molar-refractivity contribution in [1.29, 1.82) is 0 Å². The number of ketones is 1. The fourth-order valence-electron chi connectivity index (χ4n) is 2.81. The molecule has 1 aliphatic carbocycles. The number of halogens is 1. The van der Waals surface area contributed by atoms with Crippen molar-refractivity contribution in [1.82, 2.24) is 9.88 Å². The molecule has 1 heterocycles. The van der Waals surface area contributed by atoms with Gasteiger partial charge in [-0.25, -0.2) is 4.39 Å². The Kier molecular flexibility index (Phi) is 5.24. The number of nitrogens with zero attached hydrogens (tertiary/aromatic N) is 2. The van der Waals surface area contributed by atoms with Crippen LogP contribution < -0.4 is 0 Å². The van der Waals surface area contributed by atoms with Crippen molar-refractivity contribution < 1.29 is 9.18 Å². The summed E-state index contributed by atoms with van der Waals surface area (Å²) < 4.78 is 12.8. The first kappa shape index (κ1) is 15.1.